The van der Waals surface area contributed by atoms with E-state index in [0.717, 1.165) is 23.8 Å². The maximum Gasteiger partial charge on any atom is 0.131 e. The van der Waals surface area contributed by atoms with Gasteiger partial charge in [0.1, 0.15) is 5.82 Å². The second-order valence-electron chi connectivity index (χ2n) is 7.71. The molecule has 0 aliphatic heterocycles. The summed E-state index contributed by atoms with van der Waals surface area (Å²) < 4.78 is 0. The average molecular weight is 289 g/mol. The minimum Gasteiger partial charge on any atom is -0.310 e. The molecule has 0 spiro atoms. The van der Waals surface area contributed by atoms with Crippen LogP contribution in [0, 0.1) is 19.3 Å². The molecule has 1 aromatic rings. The highest BCUT2D eigenvalue weighted by Crippen LogP contribution is 2.41. The number of aryl methyl sites for hydroxylation is 2. The van der Waals surface area contributed by atoms with E-state index in [1.54, 1.807) is 0 Å². The van der Waals surface area contributed by atoms with Gasteiger partial charge in [-0.1, -0.05) is 27.7 Å². The van der Waals surface area contributed by atoms with Crippen molar-refractivity contribution >= 4 is 0 Å². The molecule has 0 bridgehead atoms. The highest BCUT2D eigenvalue weighted by atomic mass is 14.9. The van der Waals surface area contributed by atoms with Gasteiger partial charge in [-0.15, -0.1) is 0 Å². The predicted octanol–water partition coefficient (Wildman–Crippen LogP) is 4.28. The van der Waals surface area contributed by atoms with Gasteiger partial charge >= 0.3 is 0 Å². The Morgan fingerprint density at radius 2 is 1.62 bits per heavy atom. The quantitative estimate of drug-likeness (QED) is 0.899. The second kappa shape index (κ2) is 6.43. The standard InChI is InChI=1S/C18H31N3/c1-12(2)19-11-16-13(3)20-17(21-14(16)4)15-7-9-18(5,6)10-8-15/h12,15,19H,7-11H2,1-6H3. The molecule has 21 heavy (non-hydrogen) atoms. The highest BCUT2D eigenvalue weighted by molar-refractivity contribution is 5.25. The SMILES string of the molecule is Cc1nc(C2CCC(C)(C)CC2)nc(C)c1CNC(C)C. The highest BCUT2D eigenvalue weighted by Gasteiger charge is 2.29. The summed E-state index contributed by atoms with van der Waals surface area (Å²) >= 11 is 0. The summed E-state index contributed by atoms with van der Waals surface area (Å²) in [6.07, 6.45) is 5.04. The minimum atomic E-state index is 0.490. The van der Waals surface area contributed by atoms with E-state index in [2.05, 4.69) is 46.9 Å². The van der Waals surface area contributed by atoms with Crippen molar-refractivity contribution in [1.82, 2.24) is 15.3 Å². The summed E-state index contributed by atoms with van der Waals surface area (Å²) in [5, 5.41) is 3.47. The molecule has 0 unspecified atom stereocenters. The second-order valence-corrected chi connectivity index (χ2v) is 7.71. The molecular formula is C18H31N3. The zero-order valence-electron chi connectivity index (χ0n) is 14.6. The van der Waals surface area contributed by atoms with Gasteiger partial charge in [0.2, 0.25) is 0 Å². The molecule has 1 saturated carbocycles. The molecule has 118 valence electrons. The van der Waals surface area contributed by atoms with Crippen LogP contribution in [0.5, 0.6) is 0 Å². The van der Waals surface area contributed by atoms with E-state index in [1.165, 1.54) is 31.2 Å². The summed E-state index contributed by atoms with van der Waals surface area (Å²) in [6.45, 7) is 14.2. The maximum absolute atomic E-state index is 4.83. The first kappa shape index (κ1) is 16.4. The number of aromatic nitrogens is 2. The van der Waals surface area contributed by atoms with Crippen LogP contribution in [0.2, 0.25) is 0 Å². The lowest BCUT2D eigenvalue weighted by Gasteiger charge is -2.33. The Hall–Kier alpha value is -0.960. The number of nitrogens with zero attached hydrogens (tertiary/aromatic N) is 2. The summed E-state index contributed by atoms with van der Waals surface area (Å²) in [6, 6.07) is 0.490. The molecule has 1 aliphatic carbocycles. The van der Waals surface area contributed by atoms with E-state index < -0.39 is 0 Å². The molecule has 1 aliphatic rings. The Bertz CT molecular complexity index is 458. The Morgan fingerprint density at radius 3 is 2.10 bits per heavy atom. The van der Waals surface area contributed by atoms with Crippen molar-refractivity contribution in [3.05, 3.63) is 22.8 Å². The molecule has 3 nitrogen and oxygen atoms in total. The van der Waals surface area contributed by atoms with Crippen molar-refractivity contribution in [3.63, 3.8) is 0 Å². The monoisotopic (exact) mass is 289 g/mol. The smallest absolute Gasteiger partial charge is 0.131 e. The van der Waals surface area contributed by atoms with E-state index in [0.29, 0.717) is 17.4 Å². The zero-order valence-corrected chi connectivity index (χ0v) is 14.6. The first-order valence-corrected chi connectivity index (χ1v) is 8.36. The number of rotatable bonds is 4. The molecule has 0 radical (unpaired) electrons. The summed E-state index contributed by atoms with van der Waals surface area (Å²) in [5.74, 6) is 1.64. The van der Waals surface area contributed by atoms with Gasteiger partial charge in [0.25, 0.3) is 0 Å². The number of hydrogen-bond acceptors (Lipinski definition) is 3. The molecule has 0 saturated heterocycles. The van der Waals surface area contributed by atoms with Gasteiger partial charge in [-0.2, -0.15) is 0 Å². The van der Waals surface area contributed by atoms with Gasteiger partial charge in [0, 0.05) is 35.5 Å². The Balaban J connectivity index is 2.12. The van der Waals surface area contributed by atoms with Crippen LogP contribution in [0.1, 0.15) is 82.1 Å². The molecule has 2 rings (SSSR count). The molecule has 0 aromatic carbocycles. The van der Waals surface area contributed by atoms with Gasteiger partial charge in [0.05, 0.1) is 0 Å². The van der Waals surface area contributed by atoms with E-state index in [-0.39, 0.29) is 0 Å². The van der Waals surface area contributed by atoms with Gasteiger partial charge in [0.15, 0.2) is 0 Å². The number of hydrogen-bond donors (Lipinski definition) is 1. The lowest BCUT2D eigenvalue weighted by molar-refractivity contribution is 0.220. The summed E-state index contributed by atoms with van der Waals surface area (Å²) in [7, 11) is 0. The third-order valence-electron chi connectivity index (χ3n) is 4.83. The maximum atomic E-state index is 4.83. The van der Waals surface area contributed by atoms with Crippen LogP contribution in [-0.2, 0) is 6.54 Å². The van der Waals surface area contributed by atoms with Crippen molar-refractivity contribution in [2.24, 2.45) is 5.41 Å². The zero-order chi connectivity index (χ0) is 15.6. The van der Waals surface area contributed by atoms with Crippen molar-refractivity contribution < 1.29 is 0 Å². The first-order valence-electron chi connectivity index (χ1n) is 8.36. The Morgan fingerprint density at radius 1 is 1.10 bits per heavy atom. The lowest BCUT2D eigenvalue weighted by atomic mass is 9.73. The minimum absolute atomic E-state index is 0.490. The lowest BCUT2D eigenvalue weighted by Crippen LogP contribution is -2.25. The first-order chi connectivity index (χ1) is 9.78. The van der Waals surface area contributed by atoms with Crippen LogP contribution in [0.15, 0.2) is 0 Å². The topological polar surface area (TPSA) is 37.8 Å². The molecular weight excluding hydrogens is 258 g/mol. The molecule has 1 N–H and O–H groups in total. The molecule has 1 fully saturated rings. The van der Waals surface area contributed by atoms with Crippen molar-refractivity contribution in [3.8, 4) is 0 Å². The van der Waals surface area contributed by atoms with Crippen LogP contribution in [0.25, 0.3) is 0 Å². The molecule has 0 amide bonds. The van der Waals surface area contributed by atoms with E-state index in [9.17, 15) is 0 Å². The van der Waals surface area contributed by atoms with Gasteiger partial charge < -0.3 is 5.32 Å². The van der Waals surface area contributed by atoms with Gasteiger partial charge in [-0.25, -0.2) is 9.97 Å². The van der Waals surface area contributed by atoms with Crippen LogP contribution < -0.4 is 5.32 Å². The molecule has 1 heterocycles. The number of nitrogens with one attached hydrogen (secondary N) is 1. The fourth-order valence-corrected chi connectivity index (χ4v) is 3.17. The molecule has 0 atom stereocenters. The molecule has 1 aromatic heterocycles. The average Bonchev–Trinajstić information content (AvgIpc) is 2.37. The molecule has 3 heteroatoms. The summed E-state index contributed by atoms with van der Waals surface area (Å²) in [4.78, 5) is 9.66. The van der Waals surface area contributed by atoms with Crippen molar-refractivity contribution in [1.29, 1.82) is 0 Å². The van der Waals surface area contributed by atoms with Gasteiger partial charge in [-0.05, 0) is 44.9 Å². The Labute approximate surface area is 130 Å². The van der Waals surface area contributed by atoms with E-state index >= 15 is 0 Å². The predicted molar refractivity (Wildman–Crippen MR) is 88.5 cm³/mol. The largest absolute Gasteiger partial charge is 0.310 e. The third kappa shape index (κ3) is 4.26. The Kier molecular flexibility index (Phi) is 5.03. The van der Waals surface area contributed by atoms with Crippen LogP contribution >= 0.6 is 0 Å². The normalized spacial score (nSPS) is 19.2. The van der Waals surface area contributed by atoms with Crippen molar-refractivity contribution in [2.45, 2.75) is 85.7 Å². The van der Waals surface area contributed by atoms with E-state index in [4.69, 9.17) is 9.97 Å². The van der Waals surface area contributed by atoms with Crippen molar-refractivity contribution in [2.75, 3.05) is 0 Å². The van der Waals surface area contributed by atoms with Crippen LogP contribution in [0.4, 0.5) is 0 Å². The van der Waals surface area contributed by atoms with Gasteiger partial charge in [-0.3, -0.25) is 0 Å². The third-order valence-corrected chi connectivity index (χ3v) is 4.83. The van der Waals surface area contributed by atoms with E-state index in [1.807, 2.05) is 0 Å². The summed E-state index contributed by atoms with van der Waals surface area (Å²) in [5.41, 5.74) is 4.07. The fourth-order valence-electron chi connectivity index (χ4n) is 3.17. The van der Waals surface area contributed by atoms with Crippen LogP contribution in [-0.4, -0.2) is 16.0 Å². The fraction of sp³-hybridized carbons (Fsp3) is 0.778. The van der Waals surface area contributed by atoms with Crippen LogP contribution in [0.3, 0.4) is 0 Å².